The number of aliphatic hydroxyl groups excluding tert-OH is 3. The van der Waals surface area contributed by atoms with Crippen molar-refractivity contribution in [3.8, 4) is 5.75 Å². The predicted molar refractivity (Wildman–Crippen MR) is 317 cm³/mol. The van der Waals surface area contributed by atoms with Gasteiger partial charge in [-0.15, -0.1) is 0 Å². The number of ketones is 3. The maximum atomic E-state index is 15.5. The molecule has 7 heterocycles. The first kappa shape index (κ1) is 68.5. The van der Waals surface area contributed by atoms with E-state index in [4.69, 9.17) is 10.5 Å². The molecular weight excluding hydrogens is 1160 g/mol. The number of primary amides is 1. The Morgan fingerprint density at radius 3 is 2.14 bits per heavy atom. The minimum atomic E-state index is -2.32. The van der Waals surface area contributed by atoms with E-state index < -0.39 is 180 Å². The number of likely N-dealkylation sites (tertiary alicyclic amines) is 1. The Morgan fingerprint density at radius 2 is 1.47 bits per heavy atom. The van der Waals surface area contributed by atoms with Gasteiger partial charge in [0.2, 0.25) is 53.2 Å². The molecule has 0 spiro atoms. The Balaban J connectivity index is 1.27. The summed E-state index contributed by atoms with van der Waals surface area (Å²) in [6, 6.07) is -1.02. The Kier molecular flexibility index (Phi) is 24.5. The molecule has 2 aromatic rings. The number of ether oxygens (including phenoxy) is 1. The minimum absolute atomic E-state index is 0.0173. The lowest BCUT2D eigenvalue weighted by molar-refractivity contribution is -0.145. The number of aliphatic hydroxyl groups is 3. The standard InChI is InChI=1S/C61H87N9O17S/c1-5-32(2)53-58(83)64-27-50(78)65-44-31-88(86)59-42-21-35(56(81)63-28-51(79)67-53)22-47(75)54(34(4)48(76)30-71)68-57(82)41(16-12-8-6-7-10-14-37(72)15-11-9-13-19-69-52(80)20-33(3)60(69)84)55(87-39-17-18-40(42)43(26-39)66-59)45-25-38(73)29-70(45)61(85)36(23-46(44)74)24-49(62)77/h17-18,26,32-36,38,41,44-45,48,53-55,66,71,73,76H,5-16,19-25,27-31H2,1-4H3,(H2,62,77)(H,63,81)(H,64,83)(H,65,78)(H,67,79)(H,68,82)/t32-,33?,34-,35-,36-,38+,41?,44-,45-,48-,53-,54-,55?,88?/m0/s1. The number of amides is 9. The molecule has 9 amide bonds. The van der Waals surface area contributed by atoms with Crippen LogP contribution in [0.2, 0.25) is 0 Å². The van der Waals surface area contributed by atoms with Crippen molar-refractivity contribution in [3.63, 3.8) is 0 Å². The van der Waals surface area contributed by atoms with Crippen LogP contribution in [0.15, 0.2) is 23.2 Å². The Morgan fingerprint density at radius 1 is 0.795 bits per heavy atom. The summed E-state index contributed by atoms with van der Waals surface area (Å²) in [7, 11) is -2.32. The number of unbranched alkanes of at least 4 members (excludes halogenated alkanes) is 6. The average Bonchev–Trinajstić information content (AvgIpc) is 3.53. The van der Waals surface area contributed by atoms with Crippen LogP contribution in [0, 0.1) is 35.5 Å². The van der Waals surface area contributed by atoms with Crippen LogP contribution in [-0.4, -0.2) is 186 Å². The number of benzene rings is 1. The number of H-pyrrole nitrogens is 1. The molecule has 6 aliphatic rings. The van der Waals surface area contributed by atoms with Crippen LogP contribution in [0.25, 0.3) is 10.9 Å². The topological polar surface area (TPSA) is 400 Å². The average molecular weight is 1250 g/mol. The van der Waals surface area contributed by atoms with Gasteiger partial charge in [0, 0.05) is 80.8 Å². The molecular formula is C61H87N9O17S. The largest absolute Gasteiger partial charge is 0.487 e. The molecule has 88 heavy (non-hydrogen) atoms. The predicted octanol–water partition coefficient (Wildman–Crippen LogP) is 0.188. The van der Waals surface area contributed by atoms with E-state index >= 15 is 18.6 Å². The SMILES string of the molecule is CC[C@H](C)[C@@H]1NC(=O)CNC(=O)[C@@H]2CC(=O)[C@H]([C@@H](C)[C@@H](O)CO)NC(=O)C(CCCCCCCC(=O)CCCCCN3C(=O)CC(C)C3=O)C3Oc4ccc5c(c([nH]c5c4)S(=O)C[C@H](NC(=O)CNC1=O)C(=O)C[C@@H](CC(N)=O)C(=O)N1C[C@H](O)C[C@@H]31)C2. The fraction of sp³-hybridized carbons (Fsp3) is 0.672. The highest BCUT2D eigenvalue weighted by Gasteiger charge is 2.49. The summed E-state index contributed by atoms with van der Waals surface area (Å²) in [5.74, 6) is -14.8. The summed E-state index contributed by atoms with van der Waals surface area (Å²) in [4.78, 5) is 173. The number of fused-ring (bicyclic) bond motifs is 9. The zero-order chi connectivity index (χ0) is 64.1. The van der Waals surface area contributed by atoms with Gasteiger partial charge in [0.25, 0.3) is 0 Å². The van der Waals surface area contributed by atoms with Gasteiger partial charge in [-0.3, -0.25) is 66.6 Å². The van der Waals surface area contributed by atoms with Gasteiger partial charge >= 0.3 is 0 Å². The number of nitrogens with zero attached hydrogens (tertiary/aromatic N) is 2. The molecule has 0 radical (unpaired) electrons. The minimum Gasteiger partial charge on any atom is -0.487 e. The fourth-order valence-electron chi connectivity index (χ4n) is 12.7. The number of carbonyl (C=O) groups excluding carboxylic acids is 12. The van der Waals surface area contributed by atoms with Crippen molar-refractivity contribution in [2.45, 2.75) is 191 Å². The van der Waals surface area contributed by atoms with Crippen molar-refractivity contribution < 1.29 is 81.8 Å². The Labute approximate surface area is 513 Å². The maximum absolute atomic E-state index is 15.5. The van der Waals surface area contributed by atoms with Crippen molar-refractivity contribution in [2.75, 3.05) is 38.5 Å². The van der Waals surface area contributed by atoms with Gasteiger partial charge in [0.1, 0.15) is 28.7 Å². The molecule has 14 atom stereocenters. The summed E-state index contributed by atoms with van der Waals surface area (Å²) in [5, 5.41) is 46.5. The van der Waals surface area contributed by atoms with Crippen molar-refractivity contribution in [1.29, 1.82) is 0 Å². The first-order valence-corrected chi connectivity index (χ1v) is 32.3. The number of nitrogens with one attached hydrogen (secondary N) is 6. The van der Waals surface area contributed by atoms with Gasteiger partial charge in [-0.1, -0.05) is 66.2 Å². The van der Waals surface area contributed by atoms with Crippen LogP contribution in [0.3, 0.4) is 0 Å². The van der Waals surface area contributed by atoms with Gasteiger partial charge in [-0.25, -0.2) is 0 Å². The summed E-state index contributed by atoms with van der Waals surface area (Å²) >= 11 is 0. The van der Waals surface area contributed by atoms with E-state index in [-0.39, 0.29) is 77.6 Å². The highest BCUT2D eigenvalue weighted by Crippen LogP contribution is 2.37. The highest BCUT2D eigenvalue weighted by molar-refractivity contribution is 7.85. The molecule has 0 saturated carbocycles. The van der Waals surface area contributed by atoms with Gasteiger partial charge in [-0.05, 0) is 62.1 Å². The molecule has 0 aliphatic carbocycles. The van der Waals surface area contributed by atoms with Crippen molar-refractivity contribution >= 4 is 92.2 Å². The molecule has 27 heteroatoms. The molecule has 26 nitrogen and oxygen atoms in total. The van der Waals surface area contributed by atoms with E-state index in [1.807, 2.05) is 0 Å². The number of carbonyl (C=O) groups is 12. The first-order chi connectivity index (χ1) is 41.9. The van der Waals surface area contributed by atoms with Crippen LogP contribution >= 0.6 is 0 Å². The van der Waals surface area contributed by atoms with E-state index in [2.05, 4.69) is 31.6 Å². The van der Waals surface area contributed by atoms with Crippen molar-refractivity contribution in [1.82, 2.24) is 41.4 Å². The van der Waals surface area contributed by atoms with Crippen molar-refractivity contribution in [3.05, 3.63) is 23.8 Å². The normalized spacial score (nSPS) is 28.2. The number of Topliss-reactive ketones (excluding diaryl/α,β-unsaturated/α-hetero) is 3. The van der Waals surface area contributed by atoms with Crippen LogP contribution in [-0.2, 0) is 74.8 Å². The highest BCUT2D eigenvalue weighted by atomic mass is 32.2. The number of imide groups is 1. The number of aromatic amines is 1. The Hall–Kier alpha value is -6.97. The molecule has 1 aromatic heterocycles. The quantitative estimate of drug-likeness (QED) is 0.0589. The summed E-state index contributed by atoms with van der Waals surface area (Å²) in [5.41, 5.74) is 6.25. The molecule has 2 fully saturated rings. The number of nitrogens with two attached hydrogens (primary N) is 1. The fourth-order valence-corrected chi connectivity index (χ4v) is 14.1. The van der Waals surface area contributed by atoms with Gasteiger partial charge in [0.05, 0.1) is 83.9 Å². The lowest BCUT2D eigenvalue weighted by Gasteiger charge is -2.38. The number of rotatable bonds is 21. The van der Waals surface area contributed by atoms with Crippen LogP contribution in [0.5, 0.6) is 5.75 Å². The third kappa shape index (κ3) is 17.5. The zero-order valence-corrected chi connectivity index (χ0v) is 51.5. The molecule has 6 aliphatic heterocycles. The lowest BCUT2D eigenvalue weighted by atomic mass is 9.84. The third-order valence-corrected chi connectivity index (χ3v) is 19.5. The van der Waals surface area contributed by atoms with Gasteiger partial charge in [-0.2, -0.15) is 0 Å². The third-order valence-electron chi connectivity index (χ3n) is 18.0. The number of hydrogen-bond acceptors (Lipinski definition) is 17. The second-order valence-electron chi connectivity index (χ2n) is 24.6. The van der Waals surface area contributed by atoms with E-state index in [1.54, 1.807) is 39.0 Å². The number of hydrogen-bond donors (Lipinski definition) is 10. The molecule has 2 saturated heterocycles. The molecule has 4 unspecified atom stereocenters. The molecule has 11 N–H and O–H groups in total. The van der Waals surface area contributed by atoms with Crippen LogP contribution < -0.4 is 37.1 Å². The maximum Gasteiger partial charge on any atom is 0.243 e. The van der Waals surface area contributed by atoms with E-state index in [0.29, 0.717) is 82.6 Å². The lowest BCUT2D eigenvalue weighted by Crippen LogP contribution is -2.57. The molecule has 8 rings (SSSR count). The van der Waals surface area contributed by atoms with Crippen LogP contribution in [0.4, 0.5) is 0 Å². The molecule has 1 aromatic carbocycles. The van der Waals surface area contributed by atoms with E-state index in [0.717, 1.165) is 0 Å². The number of aromatic nitrogens is 1. The summed E-state index contributed by atoms with van der Waals surface area (Å²) in [6.45, 7) is 4.28. The van der Waals surface area contributed by atoms with Crippen LogP contribution in [0.1, 0.15) is 142 Å². The zero-order valence-electron chi connectivity index (χ0n) is 50.6. The first-order valence-electron chi connectivity index (χ1n) is 31.0. The van der Waals surface area contributed by atoms with E-state index in [9.17, 15) is 58.5 Å². The second kappa shape index (κ2) is 31.5. The van der Waals surface area contributed by atoms with Gasteiger partial charge in [0.15, 0.2) is 11.6 Å². The molecule has 8 bridgehead atoms. The monoisotopic (exact) mass is 1250 g/mol. The summed E-state index contributed by atoms with van der Waals surface area (Å²) < 4.78 is 22.0. The smallest absolute Gasteiger partial charge is 0.243 e. The van der Waals surface area contributed by atoms with Gasteiger partial charge < -0.3 is 62.3 Å². The summed E-state index contributed by atoms with van der Waals surface area (Å²) in [6.07, 6.45) is -1.06. The Bertz CT molecular complexity index is 2990. The van der Waals surface area contributed by atoms with E-state index in [1.165, 1.54) is 16.7 Å². The van der Waals surface area contributed by atoms with Crippen molar-refractivity contribution in [2.24, 2.45) is 41.2 Å². The second-order valence-corrected chi connectivity index (χ2v) is 26.1. The molecule has 484 valence electrons.